The molecule has 1 heterocycles. The quantitative estimate of drug-likeness (QED) is 0.554. The Kier molecular flexibility index (Phi) is 5.09. The number of thiol groups is 1. The summed E-state index contributed by atoms with van der Waals surface area (Å²) in [6.07, 6.45) is -4.66. The average molecular weight is 362 g/mol. The van der Waals surface area contributed by atoms with Crippen LogP contribution in [0.25, 0.3) is 0 Å². The highest BCUT2D eigenvalue weighted by molar-refractivity contribution is 7.71. The number of H-pyrrole nitrogens is 1. The lowest BCUT2D eigenvalue weighted by molar-refractivity contribution is -0.137. The molecule has 0 aliphatic heterocycles. The molecule has 2 rings (SSSR count). The fourth-order valence-corrected chi connectivity index (χ4v) is 2.83. The normalized spacial score (nSPS) is 11.9. The van der Waals surface area contributed by atoms with Gasteiger partial charge in [-0.3, -0.25) is 9.89 Å². The molecule has 2 N–H and O–H groups in total. The number of aliphatic hydroxyl groups is 1. The van der Waals surface area contributed by atoms with Gasteiger partial charge in [0.05, 0.1) is 34.9 Å². The monoisotopic (exact) mass is 362 g/mol. The van der Waals surface area contributed by atoms with Crippen LogP contribution in [0.1, 0.15) is 38.4 Å². The molecule has 0 aliphatic carbocycles. The lowest BCUT2D eigenvalue weighted by atomic mass is 9.96. The summed E-state index contributed by atoms with van der Waals surface area (Å²) in [4.78, 5) is 12.6. The number of carbonyl (C=O) groups excluding carboxylic acids is 1. The van der Waals surface area contributed by atoms with Gasteiger partial charge in [-0.25, -0.2) is 8.42 Å². The molecule has 0 radical (unpaired) electrons. The lowest BCUT2D eigenvalue weighted by Gasteiger charge is -2.12. The number of carbonyl (C=O) groups is 1. The summed E-state index contributed by atoms with van der Waals surface area (Å²) in [5.74, 6) is -1.41. The summed E-state index contributed by atoms with van der Waals surface area (Å²) in [5, 5.41) is 15.5. The van der Waals surface area contributed by atoms with Gasteiger partial charge < -0.3 is 5.11 Å². The third-order valence-electron chi connectivity index (χ3n) is 3.38. The van der Waals surface area contributed by atoms with Crippen molar-refractivity contribution in [3.8, 4) is 0 Å². The second kappa shape index (κ2) is 6.73. The summed E-state index contributed by atoms with van der Waals surface area (Å²) >= 11 is 0. The van der Waals surface area contributed by atoms with E-state index in [4.69, 9.17) is 0 Å². The van der Waals surface area contributed by atoms with Crippen molar-refractivity contribution in [2.45, 2.75) is 25.5 Å². The van der Waals surface area contributed by atoms with Crippen LogP contribution in [0.3, 0.4) is 0 Å². The van der Waals surface area contributed by atoms with Crippen molar-refractivity contribution in [3.63, 3.8) is 0 Å². The Morgan fingerprint density at radius 3 is 2.54 bits per heavy atom. The van der Waals surface area contributed by atoms with Crippen LogP contribution in [-0.2, 0) is 29.2 Å². The van der Waals surface area contributed by atoms with E-state index in [1.807, 2.05) is 0 Å². The van der Waals surface area contributed by atoms with Crippen LogP contribution < -0.4 is 0 Å². The van der Waals surface area contributed by atoms with Gasteiger partial charge in [0.15, 0.2) is 5.78 Å². The third-order valence-corrected chi connectivity index (χ3v) is 3.98. The first-order valence-electron chi connectivity index (χ1n) is 6.66. The number of benzene rings is 1. The Balaban J connectivity index is 2.60. The molecule has 0 atom stereocenters. The highest BCUT2D eigenvalue weighted by atomic mass is 32.2. The Morgan fingerprint density at radius 1 is 1.33 bits per heavy atom. The number of nitrogens with zero attached hydrogens (tertiary/aromatic N) is 1. The van der Waals surface area contributed by atoms with Crippen molar-refractivity contribution < 1.29 is 31.5 Å². The zero-order valence-corrected chi connectivity index (χ0v) is 13.2. The van der Waals surface area contributed by atoms with Crippen LogP contribution in [0.15, 0.2) is 18.2 Å². The smallest absolute Gasteiger partial charge is 0.390 e. The molecule has 0 aliphatic rings. The molecule has 24 heavy (non-hydrogen) atoms. The molecular formula is C14H13F3N2O4S. The van der Waals surface area contributed by atoms with Crippen molar-refractivity contribution in [1.29, 1.82) is 0 Å². The predicted octanol–water partition coefficient (Wildman–Crippen LogP) is 1.57. The van der Waals surface area contributed by atoms with E-state index in [9.17, 15) is 31.5 Å². The number of halogens is 3. The van der Waals surface area contributed by atoms with E-state index < -0.39 is 40.6 Å². The number of rotatable bonds is 5. The van der Waals surface area contributed by atoms with Crippen LogP contribution in [0.4, 0.5) is 13.2 Å². The fourth-order valence-electron chi connectivity index (χ4n) is 2.29. The van der Waals surface area contributed by atoms with Crippen LogP contribution in [0, 0.1) is 6.92 Å². The molecule has 0 fully saturated rings. The number of nitrogens with one attached hydrogen (secondary N) is 1. The van der Waals surface area contributed by atoms with Crippen LogP contribution in [-0.4, -0.2) is 29.5 Å². The summed E-state index contributed by atoms with van der Waals surface area (Å²) in [5.41, 5.74) is -1.11. The van der Waals surface area contributed by atoms with E-state index in [0.717, 1.165) is 6.07 Å². The van der Waals surface area contributed by atoms with Crippen molar-refractivity contribution in [3.05, 3.63) is 51.8 Å². The first-order chi connectivity index (χ1) is 11.1. The predicted molar refractivity (Wildman–Crippen MR) is 78.1 cm³/mol. The zero-order valence-electron chi connectivity index (χ0n) is 12.3. The SMILES string of the molecule is Cc1n[nH]c(CO)c1C(=O)c1ccc(C(F)(F)F)cc1C[SH](=O)=O. The second-order valence-corrected chi connectivity index (χ2v) is 5.99. The number of ketones is 1. The summed E-state index contributed by atoms with van der Waals surface area (Å²) in [6.45, 7) is 0.967. The first kappa shape index (κ1) is 18.1. The first-order valence-corrected chi connectivity index (χ1v) is 8.02. The maximum atomic E-state index is 12.8. The van der Waals surface area contributed by atoms with Gasteiger partial charge in [0.2, 0.25) is 0 Å². The van der Waals surface area contributed by atoms with E-state index in [-0.39, 0.29) is 28.1 Å². The van der Waals surface area contributed by atoms with Crippen molar-refractivity contribution in [2.24, 2.45) is 0 Å². The van der Waals surface area contributed by atoms with Crippen LogP contribution >= 0.6 is 0 Å². The molecule has 0 saturated heterocycles. The molecule has 0 unspecified atom stereocenters. The molecule has 1 aromatic carbocycles. The molecule has 0 bridgehead atoms. The lowest BCUT2D eigenvalue weighted by Crippen LogP contribution is -2.12. The van der Waals surface area contributed by atoms with Crippen molar-refractivity contribution >= 4 is 16.5 Å². The topological polar surface area (TPSA) is 100 Å². The maximum absolute atomic E-state index is 12.8. The number of aromatic nitrogens is 2. The highest BCUT2D eigenvalue weighted by Gasteiger charge is 2.32. The van der Waals surface area contributed by atoms with Gasteiger partial charge in [-0.1, -0.05) is 6.07 Å². The summed E-state index contributed by atoms with van der Waals surface area (Å²) in [7, 11) is -3.03. The van der Waals surface area contributed by atoms with E-state index in [1.54, 1.807) is 0 Å². The van der Waals surface area contributed by atoms with Gasteiger partial charge in [-0.2, -0.15) is 18.3 Å². The molecule has 6 nitrogen and oxygen atoms in total. The Hall–Kier alpha value is -2.20. The van der Waals surface area contributed by atoms with E-state index in [1.165, 1.54) is 6.92 Å². The number of aliphatic hydroxyl groups excluding tert-OH is 1. The van der Waals surface area contributed by atoms with Crippen molar-refractivity contribution in [1.82, 2.24) is 10.2 Å². The second-order valence-electron chi connectivity index (χ2n) is 5.01. The number of hydrogen-bond acceptors (Lipinski definition) is 5. The molecule has 2 aromatic rings. The number of alkyl halides is 3. The van der Waals surface area contributed by atoms with Gasteiger partial charge >= 0.3 is 6.18 Å². The number of hydrogen-bond donors (Lipinski definition) is 3. The van der Waals surface area contributed by atoms with Crippen LogP contribution in [0.5, 0.6) is 0 Å². The molecule has 0 saturated carbocycles. The van der Waals surface area contributed by atoms with E-state index >= 15 is 0 Å². The zero-order chi connectivity index (χ0) is 18.1. The molecule has 130 valence electrons. The molecule has 0 amide bonds. The fraction of sp³-hybridized carbons (Fsp3) is 0.286. The molecule has 0 spiro atoms. The van der Waals surface area contributed by atoms with Crippen LogP contribution in [0.2, 0.25) is 0 Å². The third kappa shape index (κ3) is 3.65. The Bertz CT molecular complexity index is 848. The standard InChI is InChI=1S/C14H13F3N2O4S/c1-7-12(11(5-20)19-18-7)13(21)10-3-2-9(14(15,16)17)4-8(10)6-24(22)23/h2-4,20,24H,5-6H2,1H3,(H,18,19). The summed E-state index contributed by atoms with van der Waals surface area (Å²) < 4.78 is 60.4. The minimum absolute atomic E-state index is 0.0136. The minimum Gasteiger partial charge on any atom is -0.390 e. The number of aromatic amines is 1. The van der Waals surface area contributed by atoms with Gasteiger partial charge in [-0.05, 0) is 24.6 Å². The number of aryl methyl sites for hydroxylation is 1. The van der Waals surface area contributed by atoms with Crippen molar-refractivity contribution in [2.75, 3.05) is 0 Å². The average Bonchev–Trinajstić information content (AvgIpc) is 2.86. The van der Waals surface area contributed by atoms with Gasteiger partial charge in [0.1, 0.15) is 10.7 Å². The Morgan fingerprint density at radius 2 is 2.00 bits per heavy atom. The van der Waals surface area contributed by atoms with E-state index in [2.05, 4.69) is 10.2 Å². The molecule has 1 aromatic heterocycles. The Labute approximate surface area is 136 Å². The van der Waals surface area contributed by atoms with Gasteiger partial charge in [0, 0.05) is 5.56 Å². The molecular weight excluding hydrogens is 349 g/mol. The van der Waals surface area contributed by atoms with Gasteiger partial charge in [0.25, 0.3) is 0 Å². The highest BCUT2D eigenvalue weighted by Crippen LogP contribution is 2.31. The molecule has 10 heteroatoms. The largest absolute Gasteiger partial charge is 0.416 e. The summed E-state index contributed by atoms with van der Waals surface area (Å²) in [6, 6.07) is 2.29. The maximum Gasteiger partial charge on any atom is 0.416 e. The van der Waals surface area contributed by atoms with E-state index in [0.29, 0.717) is 12.1 Å². The van der Waals surface area contributed by atoms with Gasteiger partial charge in [-0.15, -0.1) is 0 Å². The minimum atomic E-state index is -4.66.